The number of carbonyl (C=O) groups is 2. The molecule has 2 amide bonds. The first kappa shape index (κ1) is 15.3. The minimum Gasteiger partial charge on any atom is -0.444 e. The number of aromatic nitrogens is 1. The van der Waals surface area contributed by atoms with Crippen molar-refractivity contribution in [2.75, 3.05) is 13.1 Å². The van der Waals surface area contributed by atoms with E-state index in [0.717, 1.165) is 6.42 Å². The monoisotopic (exact) mass is 291 g/mol. The zero-order valence-corrected chi connectivity index (χ0v) is 12.6. The molecule has 21 heavy (non-hydrogen) atoms. The highest BCUT2D eigenvalue weighted by Crippen LogP contribution is 2.15. The Morgan fingerprint density at radius 2 is 2.19 bits per heavy atom. The smallest absolute Gasteiger partial charge is 0.410 e. The van der Waals surface area contributed by atoms with Gasteiger partial charge in [0.1, 0.15) is 5.60 Å². The summed E-state index contributed by atoms with van der Waals surface area (Å²) in [5.41, 5.74) is 0.0157. The van der Waals surface area contributed by atoms with E-state index in [2.05, 4.69) is 10.3 Å². The Morgan fingerprint density at radius 3 is 2.81 bits per heavy atom. The molecule has 1 aliphatic rings. The Bertz CT molecular complexity index is 511. The number of pyridine rings is 1. The number of nitrogens with one attached hydrogen (secondary N) is 1. The lowest BCUT2D eigenvalue weighted by Gasteiger charge is -2.24. The van der Waals surface area contributed by atoms with Crippen molar-refractivity contribution in [2.45, 2.75) is 38.8 Å². The number of rotatable bonds is 2. The fourth-order valence-corrected chi connectivity index (χ4v) is 2.14. The molecule has 1 aliphatic heterocycles. The second kappa shape index (κ2) is 6.11. The average molecular weight is 291 g/mol. The van der Waals surface area contributed by atoms with Crippen LogP contribution in [0, 0.1) is 0 Å². The Balaban J connectivity index is 1.86. The van der Waals surface area contributed by atoms with Crippen molar-refractivity contribution in [3.63, 3.8) is 0 Å². The summed E-state index contributed by atoms with van der Waals surface area (Å²) in [5.74, 6) is -0.167. The van der Waals surface area contributed by atoms with E-state index in [-0.39, 0.29) is 18.0 Å². The van der Waals surface area contributed by atoms with E-state index in [9.17, 15) is 9.59 Å². The van der Waals surface area contributed by atoms with Gasteiger partial charge in [-0.3, -0.25) is 9.78 Å². The van der Waals surface area contributed by atoms with Gasteiger partial charge in [-0.25, -0.2) is 4.79 Å². The molecule has 0 bridgehead atoms. The SMILES string of the molecule is CC(C)(C)OC(=O)N1CC[C@H](NC(=O)c2cccnc2)C1. The second-order valence-electron chi connectivity index (χ2n) is 6.13. The van der Waals surface area contributed by atoms with E-state index >= 15 is 0 Å². The number of hydrogen-bond donors (Lipinski definition) is 1. The van der Waals surface area contributed by atoms with E-state index < -0.39 is 5.60 Å². The van der Waals surface area contributed by atoms with E-state index in [0.29, 0.717) is 18.7 Å². The van der Waals surface area contributed by atoms with Gasteiger partial charge in [0.05, 0.1) is 5.56 Å². The van der Waals surface area contributed by atoms with Crippen molar-refractivity contribution in [2.24, 2.45) is 0 Å². The number of hydrogen-bond acceptors (Lipinski definition) is 4. The Labute approximate surface area is 124 Å². The summed E-state index contributed by atoms with van der Waals surface area (Å²) in [6.45, 7) is 6.57. The van der Waals surface area contributed by atoms with Gasteiger partial charge in [0.25, 0.3) is 5.91 Å². The van der Waals surface area contributed by atoms with Crippen molar-refractivity contribution >= 4 is 12.0 Å². The summed E-state index contributed by atoms with van der Waals surface area (Å²) in [6.07, 6.45) is 3.54. The van der Waals surface area contributed by atoms with Crippen molar-refractivity contribution in [1.29, 1.82) is 0 Å². The molecule has 2 rings (SSSR count). The van der Waals surface area contributed by atoms with Gasteiger partial charge in [0.15, 0.2) is 0 Å². The molecule has 6 nitrogen and oxygen atoms in total. The third-order valence-electron chi connectivity index (χ3n) is 3.10. The van der Waals surface area contributed by atoms with E-state index in [1.54, 1.807) is 23.2 Å². The molecular formula is C15H21N3O3. The average Bonchev–Trinajstić information content (AvgIpc) is 2.86. The predicted octanol–water partition coefficient (Wildman–Crippen LogP) is 1.82. The summed E-state index contributed by atoms with van der Waals surface area (Å²) in [7, 11) is 0. The highest BCUT2D eigenvalue weighted by molar-refractivity contribution is 5.94. The maximum absolute atomic E-state index is 12.0. The summed E-state index contributed by atoms with van der Waals surface area (Å²) in [4.78, 5) is 29.5. The van der Waals surface area contributed by atoms with Crippen LogP contribution in [0.3, 0.4) is 0 Å². The first-order chi connectivity index (χ1) is 9.85. The Hall–Kier alpha value is -2.11. The van der Waals surface area contributed by atoms with Crippen molar-refractivity contribution in [3.05, 3.63) is 30.1 Å². The highest BCUT2D eigenvalue weighted by atomic mass is 16.6. The normalized spacial score (nSPS) is 18.4. The van der Waals surface area contributed by atoms with Crippen LogP contribution in [0.4, 0.5) is 4.79 Å². The predicted molar refractivity (Wildman–Crippen MR) is 77.9 cm³/mol. The molecule has 114 valence electrons. The van der Waals surface area contributed by atoms with Crippen LogP contribution in [-0.2, 0) is 4.74 Å². The number of likely N-dealkylation sites (tertiary alicyclic amines) is 1. The van der Waals surface area contributed by atoms with Crippen molar-refractivity contribution < 1.29 is 14.3 Å². The van der Waals surface area contributed by atoms with Crippen LogP contribution in [0.5, 0.6) is 0 Å². The van der Waals surface area contributed by atoms with Gasteiger partial charge in [-0.1, -0.05) is 0 Å². The molecule has 0 saturated carbocycles. The lowest BCUT2D eigenvalue weighted by atomic mass is 10.2. The molecule has 0 unspecified atom stereocenters. The Morgan fingerprint density at radius 1 is 1.43 bits per heavy atom. The van der Waals surface area contributed by atoms with Gasteiger partial charge in [-0.2, -0.15) is 0 Å². The van der Waals surface area contributed by atoms with Crippen LogP contribution >= 0.6 is 0 Å². The molecule has 2 heterocycles. The van der Waals surface area contributed by atoms with E-state index in [4.69, 9.17) is 4.74 Å². The number of amides is 2. The zero-order valence-electron chi connectivity index (χ0n) is 12.6. The summed E-state index contributed by atoms with van der Waals surface area (Å²) in [5, 5.41) is 2.91. The summed E-state index contributed by atoms with van der Waals surface area (Å²) in [6, 6.07) is 3.38. The number of ether oxygens (including phenoxy) is 1. The minimum atomic E-state index is -0.506. The molecule has 1 aromatic heterocycles. The zero-order chi connectivity index (χ0) is 15.5. The first-order valence-corrected chi connectivity index (χ1v) is 7.04. The van der Waals surface area contributed by atoms with Gasteiger partial charge in [0, 0.05) is 31.5 Å². The summed E-state index contributed by atoms with van der Waals surface area (Å²) < 4.78 is 5.32. The van der Waals surface area contributed by atoms with Crippen molar-refractivity contribution in [3.8, 4) is 0 Å². The Kier molecular flexibility index (Phi) is 4.45. The van der Waals surface area contributed by atoms with Gasteiger partial charge >= 0.3 is 6.09 Å². The van der Waals surface area contributed by atoms with Crippen LogP contribution in [0.2, 0.25) is 0 Å². The molecule has 0 aromatic carbocycles. The van der Waals surface area contributed by atoms with Crippen LogP contribution in [0.15, 0.2) is 24.5 Å². The lowest BCUT2D eigenvalue weighted by Crippen LogP contribution is -2.40. The molecule has 0 aliphatic carbocycles. The molecule has 1 fully saturated rings. The molecule has 6 heteroatoms. The van der Waals surface area contributed by atoms with Gasteiger partial charge in [-0.15, -0.1) is 0 Å². The fraction of sp³-hybridized carbons (Fsp3) is 0.533. The van der Waals surface area contributed by atoms with Gasteiger partial charge < -0.3 is 15.0 Å². The molecular weight excluding hydrogens is 270 g/mol. The van der Waals surface area contributed by atoms with E-state index in [1.807, 2.05) is 20.8 Å². The number of carbonyl (C=O) groups excluding carboxylic acids is 2. The fourth-order valence-electron chi connectivity index (χ4n) is 2.14. The highest BCUT2D eigenvalue weighted by Gasteiger charge is 2.30. The maximum Gasteiger partial charge on any atom is 0.410 e. The third kappa shape index (κ3) is 4.44. The standard InChI is InChI=1S/C15H21N3O3/c1-15(2,3)21-14(20)18-8-6-12(10-18)17-13(19)11-5-4-7-16-9-11/h4-5,7,9,12H,6,8,10H2,1-3H3,(H,17,19)/t12-/m0/s1. The second-order valence-corrected chi connectivity index (χ2v) is 6.13. The van der Waals surface area contributed by atoms with Gasteiger partial charge in [-0.05, 0) is 39.3 Å². The van der Waals surface area contributed by atoms with Crippen molar-refractivity contribution in [1.82, 2.24) is 15.2 Å². The molecule has 0 spiro atoms. The molecule has 0 radical (unpaired) electrons. The maximum atomic E-state index is 12.0. The third-order valence-corrected chi connectivity index (χ3v) is 3.10. The molecule has 1 N–H and O–H groups in total. The van der Waals surface area contributed by atoms with Crippen LogP contribution in [-0.4, -0.2) is 46.6 Å². The number of nitrogens with zero attached hydrogens (tertiary/aromatic N) is 2. The summed E-state index contributed by atoms with van der Waals surface area (Å²) >= 11 is 0. The van der Waals surface area contributed by atoms with Crippen LogP contribution in [0.1, 0.15) is 37.6 Å². The molecule has 1 saturated heterocycles. The van der Waals surface area contributed by atoms with E-state index in [1.165, 1.54) is 6.20 Å². The quantitative estimate of drug-likeness (QED) is 0.902. The minimum absolute atomic E-state index is 0.0507. The molecule has 1 atom stereocenters. The van der Waals surface area contributed by atoms with Crippen LogP contribution < -0.4 is 5.32 Å². The largest absolute Gasteiger partial charge is 0.444 e. The van der Waals surface area contributed by atoms with Crippen LogP contribution in [0.25, 0.3) is 0 Å². The lowest BCUT2D eigenvalue weighted by molar-refractivity contribution is 0.0290. The molecule has 1 aromatic rings. The van der Waals surface area contributed by atoms with Gasteiger partial charge in [0.2, 0.25) is 0 Å². The topological polar surface area (TPSA) is 71.5 Å². The first-order valence-electron chi connectivity index (χ1n) is 7.04.